The summed E-state index contributed by atoms with van der Waals surface area (Å²) in [6.45, 7) is 0. The van der Waals surface area contributed by atoms with Crippen molar-refractivity contribution in [2.24, 2.45) is 0 Å². The highest BCUT2D eigenvalue weighted by molar-refractivity contribution is 7.13. The number of hydrogen-bond acceptors (Lipinski definition) is 5. The van der Waals surface area contributed by atoms with Crippen molar-refractivity contribution < 1.29 is 4.79 Å². The van der Waals surface area contributed by atoms with Crippen LogP contribution in [0.5, 0.6) is 0 Å². The first-order valence-electron chi connectivity index (χ1n) is 8.92. The quantitative estimate of drug-likeness (QED) is 0.541. The summed E-state index contributed by atoms with van der Waals surface area (Å²) in [5.41, 5.74) is 3.91. The van der Waals surface area contributed by atoms with Crippen LogP contribution >= 0.6 is 11.3 Å². The molecule has 2 aromatic carbocycles. The number of carbonyl (C=O) groups excluding carboxylic acids is 1. The van der Waals surface area contributed by atoms with Crippen LogP contribution in [0.3, 0.4) is 0 Å². The van der Waals surface area contributed by atoms with Gasteiger partial charge in [0, 0.05) is 23.0 Å². The summed E-state index contributed by atoms with van der Waals surface area (Å²) in [7, 11) is 0. The Kier molecular flexibility index (Phi) is 4.10. The number of nitrogens with zero attached hydrogens (tertiary/aromatic N) is 3. The van der Waals surface area contributed by atoms with E-state index in [0.717, 1.165) is 27.8 Å². The lowest BCUT2D eigenvalue weighted by Gasteiger charge is -2.37. The maximum absolute atomic E-state index is 13.3. The van der Waals surface area contributed by atoms with Crippen molar-refractivity contribution in [1.82, 2.24) is 9.97 Å². The predicted molar refractivity (Wildman–Crippen MR) is 111 cm³/mol. The van der Waals surface area contributed by atoms with Crippen molar-refractivity contribution in [3.8, 4) is 10.7 Å². The molecule has 5 nitrogen and oxygen atoms in total. The molecule has 0 unspecified atom stereocenters. The Balaban J connectivity index is 1.60. The largest absolute Gasteiger partial charge is 0.359 e. The number of pyridine rings is 1. The summed E-state index contributed by atoms with van der Waals surface area (Å²) in [5.74, 6) is -0.0436. The van der Waals surface area contributed by atoms with E-state index in [1.807, 2.05) is 78.2 Å². The number of rotatable bonds is 3. The molecule has 0 fully saturated rings. The van der Waals surface area contributed by atoms with E-state index in [1.165, 1.54) is 11.3 Å². The highest BCUT2D eigenvalue weighted by Crippen LogP contribution is 2.37. The highest BCUT2D eigenvalue weighted by atomic mass is 32.1. The maximum Gasteiger partial charge on any atom is 0.262 e. The molecular formula is C22H16N4OS. The Morgan fingerprint density at radius 1 is 0.929 bits per heavy atom. The maximum atomic E-state index is 13.3. The number of anilines is 2. The fourth-order valence-corrected chi connectivity index (χ4v) is 4.15. The van der Waals surface area contributed by atoms with Crippen molar-refractivity contribution in [2.45, 2.75) is 6.17 Å². The zero-order valence-electron chi connectivity index (χ0n) is 14.8. The molecule has 1 aliphatic heterocycles. The van der Waals surface area contributed by atoms with Crippen LogP contribution in [0.4, 0.5) is 11.4 Å². The van der Waals surface area contributed by atoms with E-state index in [2.05, 4.69) is 10.3 Å². The van der Waals surface area contributed by atoms with Crippen molar-refractivity contribution in [1.29, 1.82) is 0 Å². The predicted octanol–water partition coefficient (Wildman–Crippen LogP) is 4.98. The molecule has 0 spiro atoms. The first kappa shape index (κ1) is 16.6. The molecule has 28 heavy (non-hydrogen) atoms. The minimum absolute atomic E-state index is 0.0436. The van der Waals surface area contributed by atoms with Gasteiger partial charge in [-0.2, -0.15) is 0 Å². The van der Waals surface area contributed by atoms with Gasteiger partial charge in [0.05, 0.1) is 17.0 Å². The van der Waals surface area contributed by atoms with Crippen LogP contribution in [0.15, 0.2) is 84.4 Å². The second-order valence-corrected chi connectivity index (χ2v) is 7.25. The number of nitrogens with one attached hydrogen (secondary N) is 1. The second-order valence-electron chi connectivity index (χ2n) is 6.40. The molecule has 2 aromatic heterocycles. The monoisotopic (exact) mass is 384 g/mol. The molecule has 1 aliphatic rings. The van der Waals surface area contributed by atoms with Gasteiger partial charge in [0.1, 0.15) is 5.01 Å². The van der Waals surface area contributed by atoms with Gasteiger partial charge in [-0.25, -0.2) is 4.98 Å². The minimum atomic E-state index is -0.390. The van der Waals surface area contributed by atoms with Crippen LogP contribution in [0.2, 0.25) is 0 Å². The fraction of sp³-hybridized carbons (Fsp3) is 0.0455. The normalized spacial score (nSPS) is 15.8. The van der Waals surface area contributed by atoms with Crippen molar-refractivity contribution in [2.75, 3.05) is 10.2 Å². The van der Waals surface area contributed by atoms with E-state index in [9.17, 15) is 4.79 Å². The molecule has 0 saturated carbocycles. The van der Waals surface area contributed by atoms with E-state index < -0.39 is 6.17 Å². The van der Waals surface area contributed by atoms with Crippen LogP contribution in [0, 0.1) is 0 Å². The Morgan fingerprint density at radius 3 is 2.54 bits per heavy atom. The minimum Gasteiger partial charge on any atom is -0.359 e. The Bertz CT molecular complexity index is 1130. The summed E-state index contributed by atoms with van der Waals surface area (Å²) < 4.78 is 0. The summed E-state index contributed by atoms with van der Waals surface area (Å²) in [6, 6.07) is 23.0. The third kappa shape index (κ3) is 2.84. The average Bonchev–Trinajstić information content (AvgIpc) is 3.25. The Hall–Kier alpha value is -3.51. The van der Waals surface area contributed by atoms with Gasteiger partial charge in [-0.05, 0) is 36.4 Å². The molecule has 136 valence electrons. The average molecular weight is 384 g/mol. The molecule has 5 rings (SSSR count). The van der Waals surface area contributed by atoms with Crippen LogP contribution in [0.1, 0.15) is 22.2 Å². The van der Waals surface area contributed by atoms with Gasteiger partial charge in [0.15, 0.2) is 6.17 Å². The first-order valence-corrected chi connectivity index (χ1v) is 9.80. The van der Waals surface area contributed by atoms with Gasteiger partial charge >= 0.3 is 0 Å². The van der Waals surface area contributed by atoms with Gasteiger partial charge in [0.25, 0.3) is 5.91 Å². The molecule has 6 heteroatoms. The zero-order valence-corrected chi connectivity index (χ0v) is 15.6. The number of fused-ring (bicyclic) bond motifs is 1. The van der Waals surface area contributed by atoms with E-state index in [1.54, 1.807) is 11.1 Å². The molecule has 1 atom stereocenters. The van der Waals surface area contributed by atoms with Crippen LogP contribution in [-0.4, -0.2) is 15.9 Å². The van der Waals surface area contributed by atoms with Crippen molar-refractivity contribution >= 4 is 28.6 Å². The topological polar surface area (TPSA) is 58.1 Å². The molecule has 1 amide bonds. The zero-order chi connectivity index (χ0) is 18.9. The van der Waals surface area contributed by atoms with E-state index >= 15 is 0 Å². The lowest BCUT2D eigenvalue weighted by Crippen LogP contribution is -2.43. The summed E-state index contributed by atoms with van der Waals surface area (Å²) in [5, 5.41) is 6.30. The highest BCUT2D eigenvalue weighted by Gasteiger charge is 2.35. The Morgan fingerprint density at radius 2 is 1.71 bits per heavy atom. The number of benzene rings is 2. The summed E-state index contributed by atoms with van der Waals surface area (Å²) in [4.78, 5) is 24.3. The van der Waals surface area contributed by atoms with Crippen LogP contribution < -0.4 is 10.2 Å². The summed E-state index contributed by atoms with van der Waals surface area (Å²) in [6.07, 6.45) is 1.37. The molecule has 0 radical (unpaired) electrons. The number of thiazole rings is 1. The number of amides is 1. The molecule has 4 aromatic rings. The van der Waals surface area contributed by atoms with E-state index in [4.69, 9.17) is 4.98 Å². The number of para-hydroxylation sites is 2. The molecule has 1 N–H and O–H groups in total. The SMILES string of the molecule is O=C1c2ccccc2N[C@@H](c2csc(-c3ccccn3)n2)N1c1ccccc1. The molecule has 0 bridgehead atoms. The third-order valence-corrected chi connectivity index (χ3v) is 5.53. The van der Waals surface area contributed by atoms with E-state index in [-0.39, 0.29) is 5.91 Å². The second kappa shape index (κ2) is 6.90. The van der Waals surface area contributed by atoms with Crippen LogP contribution in [0.25, 0.3) is 10.7 Å². The lowest BCUT2D eigenvalue weighted by atomic mass is 10.1. The molecule has 0 saturated heterocycles. The van der Waals surface area contributed by atoms with Gasteiger partial charge in [-0.1, -0.05) is 36.4 Å². The van der Waals surface area contributed by atoms with Gasteiger partial charge in [-0.15, -0.1) is 11.3 Å². The smallest absolute Gasteiger partial charge is 0.262 e. The van der Waals surface area contributed by atoms with Gasteiger partial charge < -0.3 is 5.32 Å². The molecule has 3 heterocycles. The van der Waals surface area contributed by atoms with Crippen molar-refractivity contribution in [3.63, 3.8) is 0 Å². The van der Waals surface area contributed by atoms with Gasteiger partial charge in [0.2, 0.25) is 0 Å². The lowest BCUT2D eigenvalue weighted by molar-refractivity contribution is 0.0974. The first-order chi connectivity index (χ1) is 13.8. The molecule has 0 aliphatic carbocycles. The van der Waals surface area contributed by atoms with Crippen LogP contribution in [-0.2, 0) is 0 Å². The standard InChI is InChI=1S/C22H16N4OS/c27-22-16-10-4-5-11-17(16)24-20(26(22)15-8-2-1-3-9-15)19-14-28-21(25-19)18-12-6-7-13-23-18/h1-14,20,24H/t20-/m1/s1. The van der Waals surface area contributed by atoms with Gasteiger partial charge in [-0.3, -0.25) is 14.7 Å². The Labute approximate surface area is 166 Å². The third-order valence-electron chi connectivity index (χ3n) is 4.65. The van der Waals surface area contributed by atoms with Crippen molar-refractivity contribution in [3.05, 3.63) is 95.6 Å². The summed E-state index contributed by atoms with van der Waals surface area (Å²) >= 11 is 1.52. The number of aromatic nitrogens is 2. The van der Waals surface area contributed by atoms with E-state index in [0.29, 0.717) is 5.56 Å². The number of hydrogen-bond donors (Lipinski definition) is 1. The number of carbonyl (C=O) groups is 1. The molecular weight excluding hydrogens is 368 g/mol. The fourth-order valence-electron chi connectivity index (χ4n) is 3.33.